The molecule has 34 heavy (non-hydrogen) atoms. The smallest absolute Gasteiger partial charge is 0.265 e. The molecule has 9 nitrogen and oxygen atoms in total. The molecule has 1 N–H and O–H groups in total. The van der Waals surface area contributed by atoms with Crippen LogP contribution in [0.4, 0.5) is 5.69 Å². The first kappa shape index (κ1) is 23.8. The van der Waals surface area contributed by atoms with Gasteiger partial charge in [0.25, 0.3) is 5.91 Å². The Morgan fingerprint density at radius 1 is 1.15 bits per heavy atom. The van der Waals surface area contributed by atoms with Crippen molar-refractivity contribution < 1.29 is 27.5 Å². The number of aryl methyl sites for hydroxylation is 1. The lowest BCUT2D eigenvalue weighted by molar-refractivity contribution is -0.127. The van der Waals surface area contributed by atoms with Crippen molar-refractivity contribution in [2.45, 2.75) is 24.8 Å². The van der Waals surface area contributed by atoms with Gasteiger partial charge in [0.2, 0.25) is 15.9 Å². The van der Waals surface area contributed by atoms with Gasteiger partial charge in [0.1, 0.15) is 11.5 Å². The number of nitrogens with one attached hydrogen (secondary N) is 1. The molecule has 1 saturated heterocycles. The van der Waals surface area contributed by atoms with Crippen LogP contribution in [0.2, 0.25) is 0 Å². The Labute approximate surface area is 199 Å². The fourth-order valence-electron chi connectivity index (χ4n) is 3.90. The van der Waals surface area contributed by atoms with Gasteiger partial charge in [0.05, 0.1) is 17.7 Å². The number of amides is 2. The van der Waals surface area contributed by atoms with E-state index in [1.54, 1.807) is 38.0 Å². The van der Waals surface area contributed by atoms with E-state index in [2.05, 4.69) is 5.32 Å². The van der Waals surface area contributed by atoms with Crippen LogP contribution in [0, 0.1) is 6.92 Å². The van der Waals surface area contributed by atoms with Crippen molar-refractivity contribution in [2.75, 3.05) is 38.6 Å². The van der Waals surface area contributed by atoms with Crippen LogP contribution in [-0.4, -0.2) is 68.8 Å². The second-order valence-corrected chi connectivity index (χ2v) is 10.1. The zero-order valence-corrected chi connectivity index (χ0v) is 20.1. The Bertz CT molecular complexity index is 1230. The first-order chi connectivity index (χ1) is 16.2. The summed E-state index contributed by atoms with van der Waals surface area (Å²) in [6, 6.07) is 10.4. The summed E-state index contributed by atoms with van der Waals surface area (Å²) in [5.41, 5.74) is 1.84. The Morgan fingerprint density at radius 3 is 2.47 bits per heavy atom. The summed E-state index contributed by atoms with van der Waals surface area (Å²) in [5.74, 6) is 0.620. The number of carbonyl (C=O) groups excluding carboxylic acids is 2. The molecule has 10 heteroatoms. The quantitative estimate of drug-likeness (QED) is 0.652. The lowest BCUT2D eigenvalue weighted by Gasteiger charge is -2.34. The average Bonchev–Trinajstić information content (AvgIpc) is 2.83. The number of fused-ring (bicyclic) bond motifs is 1. The molecule has 0 aliphatic carbocycles. The molecule has 2 aromatic carbocycles. The van der Waals surface area contributed by atoms with Gasteiger partial charge < -0.3 is 19.7 Å². The van der Waals surface area contributed by atoms with Gasteiger partial charge in [-0.15, -0.1) is 0 Å². The van der Waals surface area contributed by atoms with Crippen molar-refractivity contribution in [3.8, 4) is 11.5 Å². The number of hydrogen-bond donors (Lipinski definition) is 1. The molecule has 0 bridgehead atoms. The van der Waals surface area contributed by atoms with Gasteiger partial charge in [-0.05, 0) is 49.2 Å². The van der Waals surface area contributed by atoms with Gasteiger partial charge in [-0.25, -0.2) is 8.42 Å². The number of benzene rings is 2. The third-order valence-corrected chi connectivity index (χ3v) is 7.95. The molecule has 1 fully saturated rings. The highest BCUT2D eigenvalue weighted by atomic mass is 32.2. The highest BCUT2D eigenvalue weighted by molar-refractivity contribution is 7.89. The van der Waals surface area contributed by atoms with Crippen molar-refractivity contribution in [3.63, 3.8) is 0 Å². The Morgan fingerprint density at radius 2 is 1.82 bits per heavy atom. The van der Waals surface area contributed by atoms with Crippen LogP contribution in [0.3, 0.4) is 0 Å². The number of nitrogens with zero attached hydrogens (tertiary/aromatic N) is 2. The van der Waals surface area contributed by atoms with Gasteiger partial charge in [0, 0.05) is 38.3 Å². The Kier molecular flexibility index (Phi) is 6.63. The topological polar surface area (TPSA) is 105 Å². The molecular formula is C24H27N3O6S. The zero-order valence-electron chi connectivity index (χ0n) is 19.3. The van der Waals surface area contributed by atoms with E-state index in [0.29, 0.717) is 30.1 Å². The number of piperazine rings is 1. The summed E-state index contributed by atoms with van der Waals surface area (Å²) >= 11 is 0. The SMILES string of the molecule is COc1ccc(/C=C/C(=O)N2CCN(S(=O)(=O)c3cc4c(cc3C)NC(=O)[C@@H](C)O4)CC2)cc1. The van der Waals surface area contributed by atoms with E-state index in [1.165, 1.54) is 16.4 Å². The molecule has 0 aromatic heterocycles. The second-order valence-electron chi connectivity index (χ2n) is 8.20. The van der Waals surface area contributed by atoms with E-state index in [4.69, 9.17) is 9.47 Å². The van der Waals surface area contributed by atoms with E-state index in [9.17, 15) is 18.0 Å². The zero-order chi connectivity index (χ0) is 24.5. The number of rotatable bonds is 5. The molecule has 2 aliphatic rings. The number of sulfonamides is 1. The van der Waals surface area contributed by atoms with E-state index in [0.717, 1.165) is 11.3 Å². The minimum absolute atomic E-state index is 0.133. The van der Waals surface area contributed by atoms with Crippen LogP contribution in [-0.2, 0) is 19.6 Å². The van der Waals surface area contributed by atoms with Gasteiger partial charge in [-0.3, -0.25) is 9.59 Å². The Balaban J connectivity index is 1.42. The van der Waals surface area contributed by atoms with Crippen LogP contribution >= 0.6 is 0 Å². The van der Waals surface area contributed by atoms with Crippen molar-refractivity contribution in [2.24, 2.45) is 0 Å². The summed E-state index contributed by atoms with van der Waals surface area (Å²) in [6.07, 6.45) is 2.51. The third kappa shape index (κ3) is 4.78. The third-order valence-electron chi connectivity index (χ3n) is 5.91. The number of methoxy groups -OCH3 is 1. The number of anilines is 1. The minimum atomic E-state index is -3.80. The van der Waals surface area contributed by atoms with Gasteiger partial charge in [0.15, 0.2) is 6.10 Å². The fourth-order valence-corrected chi connectivity index (χ4v) is 5.54. The van der Waals surface area contributed by atoms with Crippen LogP contribution < -0.4 is 14.8 Å². The normalized spacial score (nSPS) is 18.9. The first-order valence-electron chi connectivity index (χ1n) is 10.9. The van der Waals surface area contributed by atoms with Crippen molar-refractivity contribution in [1.29, 1.82) is 0 Å². The second kappa shape index (κ2) is 9.47. The molecule has 1 atom stereocenters. The van der Waals surface area contributed by atoms with Gasteiger partial charge in [-0.2, -0.15) is 4.31 Å². The van der Waals surface area contributed by atoms with Crippen LogP contribution in [0.25, 0.3) is 6.08 Å². The van der Waals surface area contributed by atoms with Gasteiger partial charge in [-0.1, -0.05) is 12.1 Å². The van der Waals surface area contributed by atoms with Crippen LogP contribution in [0.5, 0.6) is 11.5 Å². The average molecular weight is 486 g/mol. The fraction of sp³-hybridized carbons (Fsp3) is 0.333. The summed E-state index contributed by atoms with van der Waals surface area (Å²) in [7, 11) is -2.20. The lowest BCUT2D eigenvalue weighted by Crippen LogP contribution is -2.50. The van der Waals surface area contributed by atoms with Crippen LogP contribution in [0.15, 0.2) is 47.4 Å². The maximum atomic E-state index is 13.3. The molecule has 2 aliphatic heterocycles. The summed E-state index contributed by atoms with van der Waals surface area (Å²) in [4.78, 5) is 26.2. The first-order valence-corrected chi connectivity index (χ1v) is 12.4. The molecule has 2 heterocycles. The standard InChI is InChI=1S/C24H27N3O6S/c1-16-14-20-21(33-17(2)24(29)25-20)15-22(16)34(30,31)27-12-10-26(11-13-27)23(28)9-6-18-4-7-19(32-3)8-5-18/h4-9,14-15,17H,10-13H2,1-3H3,(H,25,29)/b9-6+/t17-/m1/s1. The predicted octanol–water partition coefficient (Wildman–Crippen LogP) is 2.27. The molecular weight excluding hydrogens is 458 g/mol. The largest absolute Gasteiger partial charge is 0.497 e. The molecule has 2 aromatic rings. The van der Waals surface area contributed by atoms with Crippen molar-refractivity contribution in [3.05, 3.63) is 53.6 Å². The van der Waals surface area contributed by atoms with Gasteiger partial charge >= 0.3 is 0 Å². The summed E-state index contributed by atoms with van der Waals surface area (Å²) < 4.78 is 38.8. The van der Waals surface area contributed by atoms with Crippen molar-refractivity contribution >= 4 is 33.6 Å². The van der Waals surface area contributed by atoms with E-state index < -0.39 is 16.1 Å². The van der Waals surface area contributed by atoms with E-state index in [-0.39, 0.29) is 29.8 Å². The highest BCUT2D eigenvalue weighted by Crippen LogP contribution is 2.35. The number of carbonyl (C=O) groups is 2. The maximum absolute atomic E-state index is 13.3. The maximum Gasteiger partial charge on any atom is 0.265 e. The molecule has 0 unspecified atom stereocenters. The van der Waals surface area contributed by atoms with Crippen molar-refractivity contribution in [1.82, 2.24) is 9.21 Å². The number of hydrogen-bond acceptors (Lipinski definition) is 6. The summed E-state index contributed by atoms with van der Waals surface area (Å²) in [6.45, 7) is 4.24. The summed E-state index contributed by atoms with van der Waals surface area (Å²) in [5, 5.41) is 2.73. The molecule has 2 amide bonds. The molecule has 0 saturated carbocycles. The molecule has 180 valence electrons. The Hall–Kier alpha value is -3.37. The monoisotopic (exact) mass is 485 g/mol. The molecule has 0 spiro atoms. The van der Waals surface area contributed by atoms with E-state index >= 15 is 0 Å². The number of ether oxygens (including phenoxy) is 2. The lowest BCUT2D eigenvalue weighted by atomic mass is 10.1. The predicted molar refractivity (Wildman–Crippen MR) is 127 cm³/mol. The highest BCUT2D eigenvalue weighted by Gasteiger charge is 2.33. The molecule has 0 radical (unpaired) electrons. The van der Waals surface area contributed by atoms with E-state index in [1.807, 2.05) is 24.3 Å². The molecule has 4 rings (SSSR count). The van der Waals surface area contributed by atoms with Crippen LogP contribution in [0.1, 0.15) is 18.1 Å². The minimum Gasteiger partial charge on any atom is -0.497 e.